The zero-order valence-corrected chi connectivity index (χ0v) is 15.9. The highest BCUT2D eigenvalue weighted by atomic mass is 16.6. The highest BCUT2D eigenvalue weighted by molar-refractivity contribution is 5.90. The van der Waals surface area contributed by atoms with Gasteiger partial charge in [-0.15, -0.1) is 0 Å². The highest BCUT2D eigenvalue weighted by Crippen LogP contribution is 2.11. The first kappa shape index (κ1) is 20.5. The number of rotatable bonds is 6. The second-order valence-corrected chi connectivity index (χ2v) is 6.33. The predicted molar refractivity (Wildman–Crippen MR) is 103 cm³/mol. The van der Waals surface area contributed by atoms with E-state index in [1.54, 1.807) is 17.9 Å². The Labute approximate surface area is 159 Å². The van der Waals surface area contributed by atoms with E-state index in [2.05, 4.69) is 20.6 Å². The third kappa shape index (κ3) is 7.12. The lowest BCUT2D eigenvalue weighted by atomic mass is 10.1. The van der Waals surface area contributed by atoms with Crippen LogP contribution in [-0.4, -0.2) is 60.1 Å². The van der Waals surface area contributed by atoms with Crippen LogP contribution in [0.25, 0.3) is 0 Å². The summed E-state index contributed by atoms with van der Waals surface area (Å²) in [5.74, 6) is 0.682. The van der Waals surface area contributed by atoms with Gasteiger partial charge >= 0.3 is 6.09 Å². The number of aliphatic imine (C=N–C) groups is 1. The van der Waals surface area contributed by atoms with Gasteiger partial charge in [-0.2, -0.15) is 0 Å². The maximum atomic E-state index is 11.9. The largest absolute Gasteiger partial charge is 0.450 e. The van der Waals surface area contributed by atoms with Gasteiger partial charge in [-0.1, -0.05) is 6.07 Å². The number of ether oxygens (including phenoxy) is 1. The number of aromatic nitrogens is 1. The lowest BCUT2D eigenvalue weighted by molar-refractivity contribution is -0.116. The van der Waals surface area contributed by atoms with Gasteiger partial charge in [0.05, 0.1) is 13.2 Å². The summed E-state index contributed by atoms with van der Waals surface area (Å²) in [5, 5.41) is 5.88. The number of hydrogen-bond acceptors (Lipinski definition) is 5. The molecule has 0 aliphatic carbocycles. The number of likely N-dealkylation sites (tertiary alicyclic amines) is 1. The number of carbonyl (C=O) groups excluding carboxylic acids is 2. The minimum absolute atomic E-state index is 0.157. The Hall–Kier alpha value is -2.84. The molecule has 1 aliphatic heterocycles. The molecule has 2 heterocycles. The molecular formula is C18H28N6O3. The Bertz CT molecular complexity index is 671. The van der Waals surface area contributed by atoms with Crippen LogP contribution in [0.1, 0.15) is 31.9 Å². The fraction of sp³-hybridized carbons (Fsp3) is 0.556. The normalized spacial score (nSPS) is 15.3. The molecule has 0 aromatic carbocycles. The van der Waals surface area contributed by atoms with Crippen molar-refractivity contribution in [3.8, 4) is 0 Å². The maximum Gasteiger partial charge on any atom is 0.409 e. The van der Waals surface area contributed by atoms with E-state index in [1.165, 1.54) is 0 Å². The lowest BCUT2D eigenvalue weighted by Crippen LogP contribution is -2.48. The molecule has 1 fully saturated rings. The number of guanidine groups is 1. The van der Waals surface area contributed by atoms with Crippen LogP contribution < -0.4 is 16.4 Å². The van der Waals surface area contributed by atoms with Gasteiger partial charge in [0, 0.05) is 31.2 Å². The minimum Gasteiger partial charge on any atom is -0.450 e. The fourth-order valence-electron chi connectivity index (χ4n) is 2.77. The van der Waals surface area contributed by atoms with Crippen LogP contribution in [0.15, 0.2) is 23.2 Å². The second-order valence-electron chi connectivity index (χ2n) is 6.33. The summed E-state index contributed by atoms with van der Waals surface area (Å²) >= 11 is 0. The average Bonchev–Trinajstić information content (AvgIpc) is 2.62. The molecule has 27 heavy (non-hydrogen) atoms. The van der Waals surface area contributed by atoms with Crippen LogP contribution in [0.5, 0.6) is 0 Å². The van der Waals surface area contributed by atoms with Crippen molar-refractivity contribution in [2.24, 2.45) is 10.7 Å². The minimum atomic E-state index is -0.272. The highest BCUT2D eigenvalue weighted by Gasteiger charge is 2.23. The van der Waals surface area contributed by atoms with Crippen molar-refractivity contribution in [2.45, 2.75) is 39.2 Å². The third-order valence-corrected chi connectivity index (χ3v) is 4.15. The summed E-state index contributed by atoms with van der Waals surface area (Å²) in [4.78, 5) is 33.7. The molecule has 0 radical (unpaired) electrons. The van der Waals surface area contributed by atoms with Gasteiger partial charge in [-0.3, -0.25) is 9.79 Å². The molecule has 0 unspecified atom stereocenters. The molecular weight excluding hydrogens is 348 g/mol. The Morgan fingerprint density at radius 3 is 2.78 bits per heavy atom. The molecule has 1 saturated heterocycles. The molecule has 0 atom stereocenters. The molecule has 9 nitrogen and oxygen atoms in total. The second kappa shape index (κ2) is 10.3. The number of nitrogens with zero attached hydrogens (tertiary/aromatic N) is 3. The molecule has 1 aromatic heterocycles. The number of aryl methyl sites for hydroxylation is 1. The van der Waals surface area contributed by atoms with E-state index in [1.807, 2.05) is 19.1 Å². The Kier molecular flexibility index (Phi) is 7.84. The smallest absolute Gasteiger partial charge is 0.409 e. The van der Waals surface area contributed by atoms with Gasteiger partial charge in [0.1, 0.15) is 5.82 Å². The predicted octanol–water partition coefficient (Wildman–Crippen LogP) is 1.24. The van der Waals surface area contributed by atoms with Gasteiger partial charge in [0.15, 0.2) is 5.96 Å². The van der Waals surface area contributed by atoms with Crippen LogP contribution >= 0.6 is 0 Å². The van der Waals surface area contributed by atoms with Crippen molar-refractivity contribution in [3.63, 3.8) is 0 Å². The number of anilines is 1. The van der Waals surface area contributed by atoms with Crippen LogP contribution in [0.2, 0.25) is 0 Å². The summed E-state index contributed by atoms with van der Waals surface area (Å²) in [5.41, 5.74) is 6.74. The number of piperidine rings is 1. The van der Waals surface area contributed by atoms with Gasteiger partial charge < -0.3 is 26.0 Å². The zero-order valence-electron chi connectivity index (χ0n) is 15.9. The van der Waals surface area contributed by atoms with Gasteiger partial charge in [0.25, 0.3) is 0 Å². The summed E-state index contributed by atoms with van der Waals surface area (Å²) in [6, 6.07) is 5.60. The van der Waals surface area contributed by atoms with E-state index in [-0.39, 0.29) is 31.0 Å². The van der Waals surface area contributed by atoms with Crippen molar-refractivity contribution in [3.05, 3.63) is 23.9 Å². The van der Waals surface area contributed by atoms with Crippen LogP contribution in [0.3, 0.4) is 0 Å². The molecule has 1 aliphatic rings. The summed E-state index contributed by atoms with van der Waals surface area (Å²) in [6.45, 7) is 5.57. The topological polar surface area (TPSA) is 122 Å². The number of pyridine rings is 1. The zero-order chi connectivity index (χ0) is 19.6. The Morgan fingerprint density at radius 1 is 1.37 bits per heavy atom. The summed E-state index contributed by atoms with van der Waals surface area (Å²) < 4.78 is 5.00. The van der Waals surface area contributed by atoms with E-state index in [9.17, 15) is 9.59 Å². The Morgan fingerprint density at radius 2 is 2.11 bits per heavy atom. The molecule has 0 spiro atoms. The van der Waals surface area contributed by atoms with E-state index < -0.39 is 0 Å². The van der Waals surface area contributed by atoms with E-state index >= 15 is 0 Å². The van der Waals surface area contributed by atoms with E-state index in [4.69, 9.17) is 10.5 Å². The first-order valence-electron chi connectivity index (χ1n) is 9.19. The number of carbonyl (C=O) groups is 2. The van der Waals surface area contributed by atoms with Crippen LogP contribution in [-0.2, 0) is 9.53 Å². The quantitative estimate of drug-likeness (QED) is 0.507. The van der Waals surface area contributed by atoms with Crippen molar-refractivity contribution in [1.29, 1.82) is 0 Å². The molecule has 0 bridgehead atoms. The Balaban J connectivity index is 1.67. The van der Waals surface area contributed by atoms with Gasteiger partial charge in [0.2, 0.25) is 5.91 Å². The first-order chi connectivity index (χ1) is 13.0. The number of hydrogen-bond donors (Lipinski definition) is 3. The number of amides is 2. The summed E-state index contributed by atoms with van der Waals surface area (Å²) in [7, 11) is 0. The fourth-order valence-corrected chi connectivity index (χ4v) is 2.77. The van der Waals surface area contributed by atoms with Gasteiger partial charge in [-0.25, -0.2) is 9.78 Å². The monoisotopic (exact) mass is 376 g/mol. The van der Waals surface area contributed by atoms with Crippen molar-refractivity contribution >= 4 is 23.8 Å². The molecule has 148 valence electrons. The number of nitrogens with one attached hydrogen (secondary N) is 2. The molecule has 9 heteroatoms. The lowest BCUT2D eigenvalue weighted by Gasteiger charge is -2.31. The molecule has 2 rings (SSSR count). The molecule has 0 saturated carbocycles. The molecule has 4 N–H and O–H groups in total. The van der Waals surface area contributed by atoms with E-state index in [0.717, 1.165) is 18.5 Å². The van der Waals surface area contributed by atoms with E-state index in [0.29, 0.717) is 31.5 Å². The summed E-state index contributed by atoms with van der Waals surface area (Å²) in [6.07, 6.45) is 1.49. The molecule has 2 amide bonds. The average molecular weight is 376 g/mol. The first-order valence-corrected chi connectivity index (χ1v) is 9.19. The van der Waals surface area contributed by atoms with Crippen LogP contribution in [0, 0.1) is 6.92 Å². The van der Waals surface area contributed by atoms with Gasteiger partial charge in [-0.05, 0) is 38.8 Å². The maximum absolute atomic E-state index is 11.9. The van der Waals surface area contributed by atoms with Crippen LogP contribution in [0.4, 0.5) is 10.6 Å². The van der Waals surface area contributed by atoms with Crippen molar-refractivity contribution in [1.82, 2.24) is 15.2 Å². The standard InChI is InChI=1S/C18H28N6O3/c1-3-27-18(26)24-11-8-14(9-12-24)22-17(19)20-10-7-16(25)23-15-6-4-5-13(2)21-15/h4-6,14H,3,7-12H2,1-2H3,(H3,19,20,22)(H,21,23,25). The number of nitrogens with two attached hydrogens (primary N) is 1. The van der Waals surface area contributed by atoms with Crippen molar-refractivity contribution < 1.29 is 14.3 Å². The SMILES string of the molecule is CCOC(=O)N1CCC(NC(N)=NCCC(=O)Nc2cccc(C)n2)CC1. The van der Waals surface area contributed by atoms with Crippen molar-refractivity contribution in [2.75, 3.05) is 31.6 Å². The molecule has 1 aromatic rings. The third-order valence-electron chi connectivity index (χ3n) is 4.15.